The van der Waals surface area contributed by atoms with Crippen LogP contribution in [0, 0.1) is 6.92 Å². The minimum absolute atomic E-state index is 0.765. The predicted molar refractivity (Wildman–Crippen MR) is 103 cm³/mol. The van der Waals surface area contributed by atoms with Crippen molar-refractivity contribution in [2.75, 3.05) is 16.8 Å². The minimum Gasteiger partial charge on any atom is -0.340 e. The molecule has 0 unspecified atom stereocenters. The van der Waals surface area contributed by atoms with E-state index in [-0.39, 0.29) is 0 Å². The van der Waals surface area contributed by atoms with Crippen LogP contribution in [0.1, 0.15) is 23.7 Å². The molecule has 2 aromatic carbocycles. The first-order valence-electron chi connectivity index (χ1n) is 8.80. The fourth-order valence-corrected chi connectivity index (χ4v) is 3.37. The number of aromatic nitrogens is 2. The zero-order valence-electron chi connectivity index (χ0n) is 14.7. The average Bonchev–Trinajstić information content (AvgIpc) is 3.06. The summed E-state index contributed by atoms with van der Waals surface area (Å²) in [4.78, 5) is 11.7. The van der Waals surface area contributed by atoms with Gasteiger partial charge in [-0.25, -0.2) is 4.98 Å². The summed E-state index contributed by atoms with van der Waals surface area (Å²) in [6.07, 6.45) is 2.02. The number of nitrogens with one attached hydrogen (secondary N) is 1. The van der Waals surface area contributed by atoms with E-state index in [0.717, 1.165) is 42.5 Å². The molecule has 3 aromatic rings. The summed E-state index contributed by atoms with van der Waals surface area (Å²) in [7, 11) is 0. The van der Waals surface area contributed by atoms with Gasteiger partial charge in [-0.1, -0.05) is 43.3 Å². The van der Waals surface area contributed by atoms with Crippen LogP contribution in [0.2, 0.25) is 0 Å². The van der Waals surface area contributed by atoms with Crippen LogP contribution in [0.4, 0.5) is 23.1 Å². The first-order chi connectivity index (χ1) is 12.2. The Bertz CT molecular complexity index is 904. The monoisotopic (exact) mass is 330 g/mol. The molecule has 4 nitrogen and oxygen atoms in total. The molecule has 0 saturated heterocycles. The Labute approximate surface area is 148 Å². The maximum atomic E-state index is 4.79. The molecule has 0 radical (unpaired) electrons. The van der Waals surface area contributed by atoms with Gasteiger partial charge in [0.15, 0.2) is 0 Å². The normalized spacial score (nSPS) is 13.0. The second kappa shape index (κ2) is 6.55. The highest BCUT2D eigenvalue weighted by atomic mass is 15.3. The predicted octanol–water partition coefficient (Wildman–Crippen LogP) is 4.79. The minimum atomic E-state index is 0.765. The van der Waals surface area contributed by atoms with Gasteiger partial charge in [-0.2, -0.15) is 4.98 Å². The molecular formula is C21H22N4. The number of hydrogen-bond donors (Lipinski definition) is 1. The van der Waals surface area contributed by atoms with Gasteiger partial charge in [0, 0.05) is 29.7 Å². The quantitative estimate of drug-likeness (QED) is 0.747. The topological polar surface area (TPSA) is 41.1 Å². The lowest BCUT2D eigenvalue weighted by molar-refractivity contribution is 0.931. The van der Waals surface area contributed by atoms with Gasteiger partial charge < -0.3 is 10.2 Å². The number of rotatable bonds is 4. The van der Waals surface area contributed by atoms with Gasteiger partial charge in [-0.3, -0.25) is 0 Å². The van der Waals surface area contributed by atoms with Crippen LogP contribution in [0.5, 0.6) is 0 Å². The Balaban J connectivity index is 1.68. The van der Waals surface area contributed by atoms with E-state index in [1.54, 1.807) is 0 Å². The lowest BCUT2D eigenvalue weighted by Gasteiger charge is -2.19. The fourth-order valence-electron chi connectivity index (χ4n) is 3.37. The van der Waals surface area contributed by atoms with Crippen LogP contribution < -0.4 is 10.2 Å². The van der Waals surface area contributed by atoms with Crippen molar-refractivity contribution >= 4 is 23.1 Å². The third-order valence-electron chi connectivity index (χ3n) is 4.63. The van der Waals surface area contributed by atoms with E-state index in [1.165, 1.54) is 16.8 Å². The lowest BCUT2D eigenvalue weighted by Crippen LogP contribution is -2.17. The number of para-hydroxylation sites is 2. The summed E-state index contributed by atoms with van der Waals surface area (Å²) in [5.74, 6) is 1.61. The molecule has 0 saturated carbocycles. The Kier molecular flexibility index (Phi) is 4.10. The van der Waals surface area contributed by atoms with Gasteiger partial charge >= 0.3 is 0 Å². The van der Waals surface area contributed by atoms with Crippen molar-refractivity contribution in [2.45, 2.75) is 26.7 Å². The van der Waals surface area contributed by atoms with Crippen LogP contribution in [0.15, 0.2) is 54.6 Å². The van der Waals surface area contributed by atoms with E-state index in [1.807, 2.05) is 19.1 Å². The summed E-state index contributed by atoms with van der Waals surface area (Å²) < 4.78 is 0. The van der Waals surface area contributed by atoms with Crippen molar-refractivity contribution in [1.82, 2.24) is 9.97 Å². The molecule has 4 heteroatoms. The Morgan fingerprint density at radius 3 is 2.72 bits per heavy atom. The Morgan fingerprint density at radius 1 is 1.04 bits per heavy atom. The molecule has 0 bridgehead atoms. The zero-order chi connectivity index (χ0) is 17.2. The molecule has 0 atom stereocenters. The number of fused-ring (bicyclic) bond motifs is 1. The van der Waals surface area contributed by atoms with Crippen LogP contribution in [-0.4, -0.2) is 16.5 Å². The molecule has 0 spiro atoms. The second-order valence-electron chi connectivity index (χ2n) is 6.36. The molecule has 1 N–H and O–H groups in total. The van der Waals surface area contributed by atoms with E-state index in [2.05, 4.69) is 64.6 Å². The van der Waals surface area contributed by atoms with Crippen molar-refractivity contribution < 1.29 is 0 Å². The highest BCUT2D eigenvalue weighted by molar-refractivity contribution is 5.68. The summed E-state index contributed by atoms with van der Waals surface area (Å²) in [5.41, 5.74) is 5.93. The molecule has 25 heavy (non-hydrogen) atoms. The maximum Gasteiger partial charge on any atom is 0.232 e. The molecule has 0 aliphatic carbocycles. The Hall–Kier alpha value is -2.88. The van der Waals surface area contributed by atoms with Crippen LogP contribution >= 0.6 is 0 Å². The molecule has 0 fully saturated rings. The van der Waals surface area contributed by atoms with E-state index in [4.69, 9.17) is 4.98 Å². The van der Waals surface area contributed by atoms with Crippen LogP contribution in [0.3, 0.4) is 0 Å². The number of benzene rings is 2. The van der Waals surface area contributed by atoms with E-state index < -0.39 is 0 Å². The van der Waals surface area contributed by atoms with Gasteiger partial charge in [0.2, 0.25) is 5.95 Å². The van der Waals surface area contributed by atoms with E-state index in [9.17, 15) is 0 Å². The number of anilines is 4. The summed E-state index contributed by atoms with van der Waals surface area (Å²) >= 11 is 0. The highest BCUT2D eigenvalue weighted by Crippen LogP contribution is 2.33. The first kappa shape index (κ1) is 15.6. The molecule has 126 valence electrons. The summed E-state index contributed by atoms with van der Waals surface area (Å²) in [6.45, 7) is 5.11. The van der Waals surface area contributed by atoms with E-state index in [0.29, 0.717) is 0 Å². The first-order valence-corrected chi connectivity index (χ1v) is 8.80. The molecule has 1 aromatic heterocycles. The molecule has 1 aliphatic heterocycles. The van der Waals surface area contributed by atoms with Crippen LogP contribution in [-0.2, 0) is 12.8 Å². The number of nitrogens with zero attached hydrogens (tertiary/aromatic N) is 3. The number of hydrogen-bond acceptors (Lipinski definition) is 4. The van der Waals surface area contributed by atoms with Crippen molar-refractivity contribution in [2.24, 2.45) is 0 Å². The fraction of sp³-hybridized carbons (Fsp3) is 0.238. The summed E-state index contributed by atoms with van der Waals surface area (Å²) in [6, 6.07) is 18.9. The molecular weight excluding hydrogens is 308 g/mol. The number of aryl methyl sites for hydroxylation is 2. The molecule has 1 aliphatic rings. The van der Waals surface area contributed by atoms with Crippen molar-refractivity contribution in [1.29, 1.82) is 0 Å². The maximum absolute atomic E-state index is 4.79. The van der Waals surface area contributed by atoms with E-state index >= 15 is 0 Å². The van der Waals surface area contributed by atoms with Crippen molar-refractivity contribution in [3.8, 4) is 0 Å². The third-order valence-corrected chi connectivity index (χ3v) is 4.63. The summed E-state index contributed by atoms with van der Waals surface area (Å²) in [5, 5.41) is 3.47. The van der Waals surface area contributed by atoms with Gasteiger partial charge in [-0.05, 0) is 43.0 Å². The standard InChI is InChI=1S/C21H22N4/c1-3-16-8-4-6-10-18(16)23-20-14-15(2)22-21(24-20)25-13-12-17-9-5-7-11-19(17)25/h4-11,14H,3,12-13H2,1-2H3,(H,22,23,24). The molecule has 0 amide bonds. The molecule has 2 heterocycles. The van der Waals surface area contributed by atoms with Gasteiger partial charge in [-0.15, -0.1) is 0 Å². The second-order valence-corrected chi connectivity index (χ2v) is 6.36. The largest absolute Gasteiger partial charge is 0.340 e. The van der Waals surface area contributed by atoms with Gasteiger partial charge in [0.05, 0.1) is 0 Å². The van der Waals surface area contributed by atoms with Crippen molar-refractivity contribution in [3.05, 3.63) is 71.4 Å². The SMILES string of the molecule is CCc1ccccc1Nc1cc(C)nc(N2CCc3ccccc32)n1. The zero-order valence-corrected chi connectivity index (χ0v) is 14.7. The highest BCUT2D eigenvalue weighted by Gasteiger charge is 2.22. The Morgan fingerprint density at radius 2 is 1.84 bits per heavy atom. The van der Waals surface area contributed by atoms with Gasteiger partial charge in [0.1, 0.15) is 5.82 Å². The lowest BCUT2D eigenvalue weighted by atomic mass is 10.1. The molecule has 4 rings (SSSR count). The van der Waals surface area contributed by atoms with Crippen molar-refractivity contribution in [3.63, 3.8) is 0 Å². The average molecular weight is 330 g/mol. The van der Waals surface area contributed by atoms with Crippen LogP contribution in [0.25, 0.3) is 0 Å². The smallest absolute Gasteiger partial charge is 0.232 e. The van der Waals surface area contributed by atoms with Gasteiger partial charge in [0.25, 0.3) is 0 Å². The third kappa shape index (κ3) is 3.07.